The number of anilines is 1. The van der Waals surface area contributed by atoms with Gasteiger partial charge in [0.25, 0.3) is 5.91 Å². The van der Waals surface area contributed by atoms with Crippen LogP contribution >= 0.6 is 0 Å². The van der Waals surface area contributed by atoms with Crippen molar-refractivity contribution in [1.29, 1.82) is 0 Å². The first-order valence-corrected chi connectivity index (χ1v) is 10.6. The molecule has 5 heteroatoms. The number of carbonyl (C=O) groups is 1. The van der Waals surface area contributed by atoms with Crippen LogP contribution in [0.5, 0.6) is 0 Å². The molecule has 162 valence electrons. The maximum atomic E-state index is 13.6. The van der Waals surface area contributed by atoms with Gasteiger partial charge >= 0.3 is 0 Å². The second-order valence-corrected chi connectivity index (χ2v) is 8.00. The van der Waals surface area contributed by atoms with Gasteiger partial charge < -0.3 is 9.47 Å². The van der Waals surface area contributed by atoms with E-state index in [2.05, 4.69) is 30.0 Å². The second kappa shape index (κ2) is 8.79. The van der Waals surface area contributed by atoms with Crippen LogP contribution in [0.2, 0.25) is 0 Å². The molecular weight excluding hydrogens is 401 g/mol. The van der Waals surface area contributed by atoms with Crippen molar-refractivity contribution in [1.82, 2.24) is 9.55 Å². The molecule has 2 heterocycles. The van der Waals surface area contributed by atoms with E-state index in [9.17, 15) is 9.18 Å². The van der Waals surface area contributed by atoms with Crippen molar-refractivity contribution in [3.05, 3.63) is 107 Å². The lowest BCUT2D eigenvalue weighted by molar-refractivity contribution is 0.0985. The van der Waals surface area contributed by atoms with E-state index in [1.54, 1.807) is 23.2 Å². The number of rotatable bonds is 6. The Bertz CT molecular complexity index is 1290. The molecule has 4 rings (SSSR count). The second-order valence-electron chi connectivity index (χ2n) is 8.00. The normalized spacial score (nSPS) is 11.0. The Hall–Kier alpha value is -3.73. The zero-order chi connectivity index (χ0) is 22.8. The number of allylic oxidation sites excluding steroid dienone is 1. The Morgan fingerprint density at radius 1 is 1.06 bits per heavy atom. The average Bonchev–Trinajstić information content (AvgIpc) is 3.04. The van der Waals surface area contributed by atoms with Gasteiger partial charge in [0.05, 0.1) is 17.8 Å². The number of aryl methyl sites for hydroxylation is 2. The summed E-state index contributed by atoms with van der Waals surface area (Å²) >= 11 is 0. The quantitative estimate of drug-likeness (QED) is 0.347. The smallest absolute Gasteiger partial charge is 0.258 e. The lowest BCUT2D eigenvalue weighted by Crippen LogP contribution is -2.31. The number of fused-ring (bicyclic) bond motifs is 1. The van der Waals surface area contributed by atoms with Crippen LogP contribution in [0, 0.1) is 26.6 Å². The fraction of sp³-hybridized carbons (Fsp3) is 0.185. The van der Waals surface area contributed by atoms with Crippen LogP contribution in [0.3, 0.4) is 0 Å². The van der Waals surface area contributed by atoms with Crippen LogP contribution < -0.4 is 4.90 Å². The van der Waals surface area contributed by atoms with Crippen molar-refractivity contribution < 1.29 is 9.18 Å². The fourth-order valence-corrected chi connectivity index (χ4v) is 4.04. The standard InChI is InChI=1S/C27H26FN3O/c1-5-16-30-20(4)19(3)24-14-15-29-25(26(24)30)17-31(23-12-10-22(28)11-13-23)27(32)21-8-6-18(2)7-9-21/h5-15H,1,16-17H2,2-4H3. The third-order valence-electron chi connectivity index (χ3n) is 5.92. The molecule has 0 saturated heterocycles. The first kappa shape index (κ1) is 21.5. The monoisotopic (exact) mass is 427 g/mol. The van der Waals surface area contributed by atoms with Crippen LogP contribution in [0.25, 0.3) is 10.9 Å². The van der Waals surface area contributed by atoms with E-state index in [0.29, 0.717) is 17.8 Å². The SMILES string of the molecule is C=CCn1c(C)c(C)c2ccnc(CN(C(=O)c3ccc(C)cc3)c3ccc(F)cc3)c21. The molecule has 4 aromatic rings. The molecule has 2 aromatic heterocycles. The van der Waals surface area contributed by atoms with Gasteiger partial charge in [0.1, 0.15) is 5.82 Å². The molecule has 0 fully saturated rings. The molecule has 0 unspecified atom stereocenters. The Labute approximate surface area is 187 Å². The topological polar surface area (TPSA) is 38.1 Å². The predicted molar refractivity (Wildman–Crippen MR) is 127 cm³/mol. The van der Waals surface area contributed by atoms with Crippen LogP contribution in [0.4, 0.5) is 10.1 Å². The van der Waals surface area contributed by atoms with Crippen molar-refractivity contribution in [2.45, 2.75) is 33.9 Å². The molecule has 1 amide bonds. The summed E-state index contributed by atoms with van der Waals surface area (Å²) in [6.07, 6.45) is 3.64. The lowest BCUT2D eigenvalue weighted by Gasteiger charge is -2.23. The molecule has 0 spiro atoms. The van der Waals surface area contributed by atoms with Crippen LogP contribution in [-0.4, -0.2) is 15.5 Å². The first-order valence-electron chi connectivity index (χ1n) is 10.6. The van der Waals surface area contributed by atoms with Gasteiger partial charge in [-0.05, 0) is 68.8 Å². The zero-order valence-electron chi connectivity index (χ0n) is 18.6. The largest absolute Gasteiger partial charge is 0.339 e. The minimum absolute atomic E-state index is 0.161. The highest BCUT2D eigenvalue weighted by molar-refractivity contribution is 6.06. The molecule has 0 radical (unpaired) electrons. The van der Waals surface area contributed by atoms with Crippen molar-refractivity contribution in [3.63, 3.8) is 0 Å². The highest BCUT2D eigenvalue weighted by atomic mass is 19.1. The molecule has 32 heavy (non-hydrogen) atoms. The van der Waals surface area contributed by atoms with Crippen molar-refractivity contribution in [2.75, 3.05) is 4.90 Å². The number of nitrogens with zero attached hydrogens (tertiary/aromatic N) is 3. The summed E-state index contributed by atoms with van der Waals surface area (Å²) in [5.41, 5.74) is 6.37. The van der Waals surface area contributed by atoms with E-state index in [1.165, 1.54) is 17.7 Å². The first-order chi connectivity index (χ1) is 15.4. The van der Waals surface area contributed by atoms with E-state index < -0.39 is 0 Å². The van der Waals surface area contributed by atoms with E-state index in [4.69, 9.17) is 0 Å². The summed E-state index contributed by atoms with van der Waals surface area (Å²) in [4.78, 5) is 19.9. The molecule has 0 aliphatic carbocycles. The van der Waals surface area contributed by atoms with Gasteiger partial charge in [-0.15, -0.1) is 6.58 Å². The number of hydrogen-bond donors (Lipinski definition) is 0. The summed E-state index contributed by atoms with van der Waals surface area (Å²) < 4.78 is 15.8. The number of carbonyl (C=O) groups excluding carboxylic acids is 1. The number of halogens is 1. The van der Waals surface area contributed by atoms with Crippen molar-refractivity contribution >= 4 is 22.5 Å². The van der Waals surface area contributed by atoms with Crippen LogP contribution in [0.15, 0.2) is 73.4 Å². The minimum Gasteiger partial charge on any atom is -0.339 e. The lowest BCUT2D eigenvalue weighted by atomic mass is 10.1. The highest BCUT2D eigenvalue weighted by Gasteiger charge is 2.22. The summed E-state index contributed by atoms with van der Waals surface area (Å²) in [6, 6.07) is 15.5. The zero-order valence-corrected chi connectivity index (χ0v) is 18.6. The summed E-state index contributed by atoms with van der Waals surface area (Å²) in [5.74, 6) is -0.506. The molecule has 0 atom stereocenters. The van der Waals surface area contributed by atoms with Gasteiger partial charge in [-0.3, -0.25) is 9.78 Å². The summed E-state index contributed by atoms with van der Waals surface area (Å²) in [6.45, 7) is 11.0. The van der Waals surface area contributed by atoms with Gasteiger partial charge in [0.15, 0.2) is 0 Å². The summed E-state index contributed by atoms with van der Waals surface area (Å²) in [5, 5.41) is 1.11. The summed E-state index contributed by atoms with van der Waals surface area (Å²) in [7, 11) is 0. The van der Waals surface area contributed by atoms with Crippen LogP contribution in [0.1, 0.15) is 32.9 Å². The molecular formula is C27H26FN3O. The van der Waals surface area contributed by atoms with Crippen molar-refractivity contribution in [2.24, 2.45) is 0 Å². The number of aromatic nitrogens is 2. The third-order valence-corrected chi connectivity index (χ3v) is 5.92. The minimum atomic E-state index is -0.345. The third kappa shape index (κ3) is 3.94. The maximum absolute atomic E-state index is 13.6. The van der Waals surface area contributed by atoms with E-state index in [0.717, 1.165) is 27.9 Å². The Balaban J connectivity index is 1.84. The van der Waals surface area contributed by atoms with Gasteiger partial charge in [-0.1, -0.05) is 23.8 Å². The Morgan fingerprint density at radius 3 is 2.41 bits per heavy atom. The van der Waals surface area contributed by atoms with E-state index in [1.807, 2.05) is 43.3 Å². The molecule has 0 bridgehead atoms. The van der Waals surface area contributed by atoms with Crippen molar-refractivity contribution in [3.8, 4) is 0 Å². The van der Waals surface area contributed by atoms with Crippen LogP contribution in [-0.2, 0) is 13.1 Å². The number of benzene rings is 2. The van der Waals surface area contributed by atoms with Gasteiger partial charge in [0.2, 0.25) is 0 Å². The molecule has 0 aliphatic heterocycles. The number of pyridine rings is 1. The molecule has 0 aliphatic rings. The highest BCUT2D eigenvalue weighted by Crippen LogP contribution is 2.29. The molecule has 0 N–H and O–H groups in total. The van der Waals surface area contributed by atoms with Gasteiger partial charge in [-0.2, -0.15) is 0 Å². The van der Waals surface area contributed by atoms with E-state index in [-0.39, 0.29) is 18.3 Å². The van der Waals surface area contributed by atoms with Gasteiger partial charge in [-0.25, -0.2) is 4.39 Å². The predicted octanol–water partition coefficient (Wildman–Crippen LogP) is 6.13. The van der Waals surface area contributed by atoms with Gasteiger partial charge in [0, 0.05) is 35.1 Å². The average molecular weight is 428 g/mol. The van der Waals surface area contributed by atoms with E-state index >= 15 is 0 Å². The Morgan fingerprint density at radius 2 is 1.75 bits per heavy atom. The fourth-order valence-electron chi connectivity index (χ4n) is 4.04. The number of amides is 1. The number of hydrogen-bond acceptors (Lipinski definition) is 2. The Kier molecular flexibility index (Phi) is 5.91. The maximum Gasteiger partial charge on any atom is 0.258 e. The molecule has 2 aromatic carbocycles. The molecule has 0 saturated carbocycles. The molecule has 4 nitrogen and oxygen atoms in total.